The van der Waals surface area contributed by atoms with E-state index in [9.17, 15) is 13.9 Å². The van der Waals surface area contributed by atoms with Crippen LogP contribution in [0.2, 0.25) is 5.02 Å². The molecule has 3 aromatic rings. The Morgan fingerprint density at radius 2 is 1.72 bits per heavy atom. The summed E-state index contributed by atoms with van der Waals surface area (Å²) in [5, 5.41) is 0.483. The molecule has 1 aliphatic carbocycles. The lowest BCUT2D eigenvalue weighted by Crippen LogP contribution is -2.45. The molecule has 0 amide bonds. The van der Waals surface area contributed by atoms with Crippen molar-refractivity contribution >= 4 is 39.7 Å². The topological polar surface area (TPSA) is 73.2 Å². The third kappa shape index (κ3) is 5.07. The Labute approximate surface area is 238 Å². The van der Waals surface area contributed by atoms with Crippen molar-refractivity contribution in [2.75, 3.05) is 25.6 Å². The second kappa shape index (κ2) is 11.1. The molecule has 1 atom stereocenters. The van der Waals surface area contributed by atoms with Crippen molar-refractivity contribution in [3.05, 3.63) is 76.3 Å². The number of carbonyl (C=O) groups is 1. The van der Waals surface area contributed by atoms with Gasteiger partial charge in [0.1, 0.15) is 0 Å². The molecular weight excluding hydrogens is 532 g/mol. The molecule has 0 radical (unpaired) electrons. The summed E-state index contributed by atoms with van der Waals surface area (Å²) in [4.78, 5) is 15.1. The molecule has 2 N–H and O–H groups in total. The van der Waals surface area contributed by atoms with Crippen LogP contribution in [0.3, 0.4) is 0 Å². The number of esters is 1. The van der Waals surface area contributed by atoms with Gasteiger partial charge in [-0.15, -0.1) is 10.8 Å². The minimum absolute atomic E-state index is 0.0451. The molecule has 0 bridgehead atoms. The summed E-state index contributed by atoms with van der Waals surface area (Å²) in [7, 11) is -0.153. The molecule has 208 valence electrons. The summed E-state index contributed by atoms with van der Waals surface area (Å²) in [6, 6.07) is 17.3. The Morgan fingerprint density at radius 3 is 2.38 bits per heavy atom. The van der Waals surface area contributed by atoms with Gasteiger partial charge in [-0.3, -0.25) is 9.11 Å². The second-order valence-electron chi connectivity index (χ2n) is 10.7. The number of rotatable bonds is 4. The first-order valence-electron chi connectivity index (χ1n) is 13.5. The zero-order valence-electron chi connectivity index (χ0n) is 23.0. The van der Waals surface area contributed by atoms with Crippen molar-refractivity contribution in [3.63, 3.8) is 0 Å². The maximum Gasteiger partial charge on any atom is 0.338 e. The number of likely N-dealkylation sites (N-methyl/N-ethyl adjacent to an activating group) is 1. The lowest BCUT2D eigenvalue weighted by Gasteiger charge is -2.46. The van der Waals surface area contributed by atoms with E-state index >= 15 is 0 Å². The van der Waals surface area contributed by atoms with E-state index in [1.807, 2.05) is 61.6 Å². The van der Waals surface area contributed by atoms with E-state index in [0.29, 0.717) is 39.2 Å². The van der Waals surface area contributed by atoms with Gasteiger partial charge in [0, 0.05) is 30.9 Å². The van der Waals surface area contributed by atoms with Crippen LogP contribution in [-0.4, -0.2) is 46.1 Å². The van der Waals surface area contributed by atoms with Crippen molar-refractivity contribution in [1.29, 1.82) is 0 Å². The van der Waals surface area contributed by atoms with Gasteiger partial charge >= 0.3 is 5.97 Å². The van der Waals surface area contributed by atoms with Crippen molar-refractivity contribution in [3.8, 4) is 11.1 Å². The third-order valence-electron chi connectivity index (χ3n) is 8.48. The summed E-state index contributed by atoms with van der Waals surface area (Å²) in [5.74, 6) is -0.0548. The fourth-order valence-corrected chi connectivity index (χ4v) is 8.22. The smallest absolute Gasteiger partial charge is 0.338 e. The Morgan fingerprint density at radius 1 is 1.03 bits per heavy atom. The van der Waals surface area contributed by atoms with Crippen molar-refractivity contribution < 1.29 is 18.6 Å². The van der Waals surface area contributed by atoms with Gasteiger partial charge in [0.2, 0.25) is 0 Å². The fourth-order valence-electron chi connectivity index (χ4n) is 6.32. The highest BCUT2D eigenvalue weighted by molar-refractivity contribution is 8.22. The SMILES string of the molecule is COC(=O)c1ccc(C)c(-c2cc3c(cc2Cl)N(c2ccccc2)C[C@@H](C2CCCCC2)N(C)S3(O)O)c1C. The number of anilines is 2. The van der Waals surface area contributed by atoms with Gasteiger partial charge in [0.25, 0.3) is 0 Å². The Bertz CT molecular complexity index is 1370. The number of halogens is 1. The lowest BCUT2D eigenvalue weighted by atomic mass is 9.83. The number of methoxy groups -OCH3 is 1. The zero-order chi connectivity index (χ0) is 27.9. The molecule has 3 aromatic carbocycles. The molecule has 1 fully saturated rings. The molecule has 5 rings (SSSR count). The largest absolute Gasteiger partial charge is 0.465 e. The van der Waals surface area contributed by atoms with Crippen molar-refractivity contribution in [2.24, 2.45) is 5.92 Å². The Balaban J connectivity index is 1.73. The Hall–Kier alpha value is -2.55. The lowest BCUT2D eigenvalue weighted by molar-refractivity contribution is 0.0600. The number of carbonyl (C=O) groups excluding carboxylic acids is 1. The minimum Gasteiger partial charge on any atom is -0.465 e. The predicted octanol–water partition coefficient (Wildman–Crippen LogP) is 8.47. The predicted molar refractivity (Wildman–Crippen MR) is 160 cm³/mol. The van der Waals surface area contributed by atoms with E-state index in [2.05, 4.69) is 17.0 Å². The summed E-state index contributed by atoms with van der Waals surface area (Å²) in [6.45, 7) is 4.46. The van der Waals surface area contributed by atoms with Gasteiger partial charge in [-0.2, -0.15) is 4.31 Å². The quantitative estimate of drug-likeness (QED) is 0.307. The van der Waals surface area contributed by atoms with Crippen LogP contribution < -0.4 is 4.90 Å². The normalized spacial score (nSPS) is 20.7. The van der Waals surface area contributed by atoms with E-state index in [1.54, 1.807) is 6.07 Å². The summed E-state index contributed by atoms with van der Waals surface area (Å²) in [5.41, 5.74) is 5.25. The molecule has 2 aliphatic rings. The summed E-state index contributed by atoms with van der Waals surface area (Å²) < 4.78 is 30.7. The van der Waals surface area contributed by atoms with Crippen molar-refractivity contribution in [2.45, 2.75) is 56.9 Å². The van der Waals surface area contributed by atoms with Gasteiger partial charge in [-0.25, -0.2) is 4.79 Å². The standard InChI is InChI=1S/C31H37ClN2O4S/c1-20-15-16-24(31(35)38-4)21(2)30(20)25-17-29-27(18-26(25)32)34(23-13-9-6-10-14-23)19-28(33(3)39(29,36)37)22-11-7-5-8-12-22/h6,9-10,13-18,22,28,36-37H,5,7-8,11-12,19H2,1-4H3/t28-/m0/s1. The summed E-state index contributed by atoms with van der Waals surface area (Å²) in [6.07, 6.45) is 5.71. The molecule has 8 heteroatoms. The number of para-hydroxylation sites is 1. The average molecular weight is 569 g/mol. The first-order chi connectivity index (χ1) is 18.6. The fraction of sp³-hybridized carbons (Fsp3) is 0.387. The van der Waals surface area contributed by atoms with Crippen LogP contribution in [0.25, 0.3) is 11.1 Å². The van der Waals surface area contributed by atoms with E-state index in [0.717, 1.165) is 48.1 Å². The van der Waals surface area contributed by atoms with Gasteiger partial charge in [0.15, 0.2) is 0 Å². The van der Waals surface area contributed by atoms with Crippen LogP contribution in [-0.2, 0) is 4.74 Å². The number of hydrogen-bond donors (Lipinski definition) is 2. The van der Waals surface area contributed by atoms with E-state index in [4.69, 9.17) is 16.3 Å². The number of ether oxygens (including phenoxy) is 1. The number of aryl methyl sites for hydroxylation is 1. The third-order valence-corrected chi connectivity index (χ3v) is 10.8. The molecule has 6 nitrogen and oxygen atoms in total. The number of benzene rings is 3. The second-order valence-corrected chi connectivity index (χ2v) is 13.2. The van der Waals surface area contributed by atoms with Crippen molar-refractivity contribution in [1.82, 2.24) is 4.31 Å². The highest BCUT2D eigenvalue weighted by Gasteiger charge is 2.41. The van der Waals surface area contributed by atoms with Crippen LogP contribution in [0.5, 0.6) is 0 Å². The molecule has 0 saturated heterocycles. The molecule has 0 spiro atoms. The van der Waals surface area contributed by atoms with Crippen LogP contribution in [0.1, 0.15) is 53.6 Å². The van der Waals surface area contributed by atoms with Crippen LogP contribution in [0.15, 0.2) is 59.5 Å². The maximum absolute atomic E-state index is 12.5. The first kappa shape index (κ1) is 28.0. The first-order valence-corrected chi connectivity index (χ1v) is 15.4. The van der Waals surface area contributed by atoms with Gasteiger partial charge < -0.3 is 9.64 Å². The van der Waals surface area contributed by atoms with E-state index in [-0.39, 0.29) is 6.04 Å². The van der Waals surface area contributed by atoms with E-state index in [1.165, 1.54) is 13.5 Å². The highest BCUT2D eigenvalue weighted by atomic mass is 35.5. The molecule has 1 saturated carbocycles. The summed E-state index contributed by atoms with van der Waals surface area (Å²) >= 11 is 7.02. The molecule has 0 unspecified atom stereocenters. The van der Waals surface area contributed by atoms with Gasteiger partial charge in [0.05, 0.1) is 28.3 Å². The van der Waals surface area contributed by atoms with Crippen LogP contribution in [0.4, 0.5) is 11.4 Å². The maximum atomic E-state index is 12.5. The molecule has 1 heterocycles. The molecule has 1 aliphatic heterocycles. The van der Waals surface area contributed by atoms with E-state index < -0.39 is 16.7 Å². The van der Waals surface area contributed by atoms with Gasteiger partial charge in [-0.1, -0.05) is 55.1 Å². The highest BCUT2D eigenvalue weighted by Crippen LogP contribution is 2.61. The number of fused-ring (bicyclic) bond motifs is 1. The number of nitrogens with zero attached hydrogens (tertiary/aromatic N) is 2. The average Bonchev–Trinajstić information content (AvgIpc) is 3.02. The Kier molecular flexibility index (Phi) is 8.00. The molecule has 39 heavy (non-hydrogen) atoms. The molecule has 0 aromatic heterocycles. The monoisotopic (exact) mass is 568 g/mol. The van der Waals surface area contributed by atoms with Crippen LogP contribution >= 0.6 is 22.4 Å². The number of hydrogen-bond acceptors (Lipinski definition) is 6. The van der Waals surface area contributed by atoms with Crippen LogP contribution in [0, 0.1) is 19.8 Å². The molecular formula is C31H37ClN2O4S. The minimum atomic E-state index is -3.36. The van der Waals surface area contributed by atoms with Gasteiger partial charge in [-0.05, 0) is 79.6 Å². The zero-order valence-corrected chi connectivity index (χ0v) is 24.6.